The second-order valence-corrected chi connectivity index (χ2v) is 6.82. The van der Waals surface area contributed by atoms with E-state index in [2.05, 4.69) is 33.4 Å². The van der Waals surface area contributed by atoms with Crippen molar-refractivity contribution in [2.45, 2.75) is 25.8 Å². The third kappa shape index (κ3) is 4.63. The van der Waals surface area contributed by atoms with Gasteiger partial charge in [0.1, 0.15) is 5.75 Å². The van der Waals surface area contributed by atoms with Crippen LogP contribution in [0.2, 0.25) is 0 Å². The zero-order chi connectivity index (χ0) is 16.8. The van der Waals surface area contributed by atoms with Crippen molar-refractivity contribution in [2.24, 2.45) is 16.8 Å². The maximum atomic E-state index is 5.99. The van der Waals surface area contributed by atoms with E-state index in [1.807, 2.05) is 13.1 Å². The number of guanidine groups is 1. The fourth-order valence-corrected chi connectivity index (χ4v) is 3.19. The smallest absolute Gasteiger partial charge is 0.193 e. The first kappa shape index (κ1) is 17.1. The fourth-order valence-electron chi connectivity index (χ4n) is 3.19. The summed E-state index contributed by atoms with van der Waals surface area (Å²) < 4.78 is 11.3. The van der Waals surface area contributed by atoms with Crippen molar-refractivity contribution >= 4 is 5.96 Å². The van der Waals surface area contributed by atoms with E-state index >= 15 is 0 Å². The zero-order valence-corrected chi connectivity index (χ0v) is 14.8. The molecule has 0 bridgehead atoms. The molecule has 2 aliphatic rings. The molecule has 3 rings (SSSR count). The molecule has 0 radical (unpaired) electrons. The molecule has 1 aromatic rings. The standard InChI is InChI=1S/C19H29N3O2/c1-20-19(22-10-9-16(12-22)13-23-2)21-11-17-5-3-4-6-18(17)24-14-15-7-8-15/h3-6,15-16H,7-14H2,1-2H3,(H,20,21). The number of methoxy groups -OCH3 is 1. The van der Waals surface area contributed by atoms with E-state index in [-0.39, 0.29) is 0 Å². The molecule has 5 nitrogen and oxygen atoms in total. The van der Waals surface area contributed by atoms with Crippen LogP contribution in [0.3, 0.4) is 0 Å². The van der Waals surface area contributed by atoms with E-state index in [9.17, 15) is 0 Å². The summed E-state index contributed by atoms with van der Waals surface area (Å²) in [5.74, 6) is 3.32. The van der Waals surface area contributed by atoms with Gasteiger partial charge in [-0.15, -0.1) is 0 Å². The number of ether oxygens (including phenoxy) is 2. The maximum Gasteiger partial charge on any atom is 0.193 e. The largest absolute Gasteiger partial charge is 0.493 e. The Hall–Kier alpha value is -1.75. The summed E-state index contributed by atoms with van der Waals surface area (Å²) in [6.45, 7) is 4.45. The van der Waals surface area contributed by atoms with Gasteiger partial charge in [-0.25, -0.2) is 0 Å². The molecule has 0 amide bonds. The number of nitrogens with one attached hydrogen (secondary N) is 1. The van der Waals surface area contributed by atoms with Crippen LogP contribution < -0.4 is 10.1 Å². The van der Waals surface area contributed by atoms with Crippen LogP contribution in [-0.4, -0.2) is 51.3 Å². The van der Waals surface area contributed by atoms with Crippen molar-refractivity contribution in [1.29, 1.82) is 0 Å². The minimum atomic E-state index is 0.600. The van der Waals surface area contributed by atoms with E-state index in [0.29, 0.717) is 5.92 Å². The summed E-state index contributed by atoms with van der Waals surface area (Å²) >= 11 is 0. The Kier molecular flexibility index (Phi) is 5.96. The SMILES string of the molecule is CN=C(NCc1ccccc1OCC1CC1)N1CCC(COC)C1. The van der Waals surface area contributed by atoms with Crippen molar-refractivity contribution in [3.05, 3.63) is 29.8 Å². The molecular formula is C19H29N3O2. The molecule has 2 fully saturated rings. The Labute approximate surface area is 145 Å². The minimum Gasteiger partial charge on any atom is -0.493 e. The van der Waals surface area contributed by atoms with Crippen LogP contribution in [0.1, 0.15) is 24.8 Å². The van der Waals surface area contributed by atoms with Crippen LogP contribution in [0.5, 0.6) is 5.75 Å². The number of aliphatic imine (C=N–C) groups is 1. The average Bonchev–Trinajstić information content (AvgIpc) is 3.33. The van der Waals surface area contributed by atoms with E-state index in [1.54, 1.807) is 7.11 Å². The molecule has 132 valence electrons. The van der Waals surface area contributed by atoms with Crippen LogP contribution in [0.15, 0.2) is 29.3 Å². The minimum absolute atomic E-state index is 0.600. The highest BCUT2D eigenvalue weighted by Crippen LogP contribution is 2.30. The normalized spacial score (nSPS) is 21.2. The molecule has 1 aliphatic carbocycles. The first-order valence-electron chi connectivity index (χ1n) is 8.95. The molecule has 1 heterocycles. The average molecular weight is 331 g/mol. The lowest BCUT2D eigenvalue weighted by atomic mass is 10.1. The lowest BCUT2D eigenvalue weighted by Gasteiger charge is -2.22. The highest BCUT2D eigenvalue weighted by Gasteiger charge is 2.25. The number of hydrogen-bond donors (Lipinski definition) is 1. The summed E-state index contributed by atoms with van der Waals surface area (Å²) in [6, 6.07) is 8.29. The van der Waals surface area contributed by atoms with Crippen LogP contribution in [-0.2, 0) is 11.3 Å². The molecule has 1 N–H and O–H groups in total. The second-order valence-electron chi connectivity index (χ2n) is 6.82. The van der Waals surface area contributed by atoms with Gasteiger partial charge in [-0.1, -0.05) is 18.2 Å². The van der Waals surface area contributed by atoms with Gasteiger partial charge in [0.15, 0.2) is 5.96 Å². The topological polar surface area (TPSA) is 46.1 Å². The fraction of sp³-hybridized carbons (Fsp3) is 0.632. The molecular weight excluding hydrogens is 302 g/mol. The van der Waals surface area contributed by atoms with E-state index in [0.717, 1.165) is 56.9 Å². The van der Waals surface area contributed by atoms with Gasteiger partial charge in [0.25, 0.3) is 0 Å². The van der Waals surface area contributed by atoms with Crippen LogP contribution in [0.4, 0.5) is 0 Å². The molecule has 24 heavy (non-hydrogen) atoms. The first-order valence-corrected chi connectivity index (χ1v) is 8.95. The van der Waals surface area contributed by atoms with Gasteiger partial charge in [0, 0.05) is 45.3 Å². The van der Waals surface area contributed by atoms with Crippen molar-refractivity contribution in [3.8, 4) is 5.75 Å². The van der Waals surface area contributed by atoms with Gasteiger partial charge >= 0.3 is 0 Å². The van der Waals surface area contributed by atoms with Gasteiger partial charge in [0.2, 0.25) is 0 Å². The number of nitrogens with zero attached hydrogens (tertiary/aromatic N) is 2. The second kappa shape index (κ2) is 8.38. The van der Waals surface area contributed by atoms with Crippen LogP contribution >= 0.6 is 0 Å². The van der Waals surface area contributed by atoms with E-state index < -0.39 is 0 Å². The van der Waals surface area contributed by atoms with Crippen LogP contribution in [0.25, 0.3) is 0 Å². The number of para-hydroxylation sites is 1. The Bertz CT molecular complexity index is 557. The van der Waals surface area contributed by atoms with Gasteiger partial charge < -0.3 is 19.7 Å². The molecule has 0 spiro atoms. The van der Waals surface area contributed by atoms with Crippen molar-refractivity contribution in [1.82, 2.24) is 10.2 Å². The summed E-state index contributed by atoms with van der Waals surface area (Å²) in [4.78, 5) is 6.76. The summed E-state index contributed by atoms with van der Waals surface area (Å²) in [5.41, 5.74) is 1.19. The van der Waals surface area contributed by atoms with Gasteiger partial charge in [-0.2, -0.15) is 0 Å². The van der Waals surface area contributed by atoms with Gasteiger partial charge in [-0.3, -0.25) is 4.99 Å². The van der Waals surface area contributed by atoms with Crippen molar-refractivity contribution < 1.29 is 9.47 Å². The van der Waals surface area contributed by atoms with Gasteiger partial charge in [0.05, 0.1) is 13.2 Å². The highest BCUT2D eigenvalue weighted by atomic mass is 16.5. The molecule has 1 aromatic carbocycles. The Morgan fingerprint density at radius 3 is 2.79 bits per heavy atom. The molecule has 1 saturated heterocycles. The molecule has 0 aromatic heterocycles. The van der Waals surface area contributed by atoms with Gasteiger partial charge in [-0.05, 0) is 31.2 Å². The Morgan fingerprint density at radius 2 is 2.04 bits per heavy atom. The monoisotopic (exact) mass is 331 g/mol. The lowest BCUT2D eigenvalue weighted by Crippen LogP contribution is -2.39. The summed E-state index contributed by atoms with van der Waals surface area (Å²) in [7, 11) is 3.62. The molecule has 1 unspecified atom stereocenters. The van der Waals surface area contributed by atoms with E-state index in [4.69, 9.17) is 9.47 Å². The number of benzene rings is 1. The summed E-state index contributed by atoms with van der Waals surface area (Å²) in [6.07, 6.45) is 3.78. The number of hydrogen-bond acceptors (Lipinski definition) is 3. The summed E-state index contributed by atoms with van der Waals surface area (Å²) in [5, 5.41) is 3.49. The number of rotatable bonds is 7. The first-order chi connectivity index (χ1) is 11.8. The quantitative estimate of drug-likeness (QED) is 0.616. The third-order valence-corrected chi connectivity index (χ3v) is 4.78. The van der Waals surface area contributed by atoms with Crippen molar-refractivity contribution in [3.63, 3.8) is 0 Å². The predicted octanol–water partition coefficient (Wildman–Crippen LogP) is 2.52. The van der Waals surface area contributed by atoms with Crippen LogP contribution in [0, 0.1) is 11.8 Å². The lowest BCUT2D eigenvalue weighted by molar-refractivity contribution is 0.157. The highest BCUT2D eigenvalue weighted by molar-refractivity contribution is 5.80. The Balaban J connectivity index is 1.54. The zero-order valence-electron chi connectivity index (χ0n) is 14.8. The Morgan fingerprint density at radius 1 is 1.21 bits per heavy atom. The molecule has 1 saturated carbocycles. The molecule has 5 heteroatoms. The number of likely N-dealkylation sites (tertiary alicyclic amines) is 1. The molecule has 1 atom stereocenters. The third-order valence-electron chi connectivity index (χ3n) is 4.78. The van der Waals surface area contributed by atoms with Crippen molar-refractivity contribution in [2.75, 3.05) is 40.5 Å². The van der Waals surface area contributed by atoms with E-state index in [1.165, 1.54) is 18.4 Å². The predicted molar refractivity (Wildman–Crippen MR) is 96.4 cm³/mol. The molecule has 1 aliphatic heterocycles. The maximum absolute atomic E-state index is 5.99.